The van der Waals surface area contributed by atoms with Gasteiger partial charge in [-0.25, -0.2) is 13.1 Å². The minimum Gasteiger partial charge on any atom is -0.255 e. The van der Waals surface area contributed by atoms with Gasteiger partial charge in [0.15, 0.2) is 0 Å². The molecule has 0 unspecified atom stereocenters. The number of hydrogen-bond donors (Lipinski definition) is 1. The second kappa shape index (κ2) is 9.74. The lowest BCUT2D eigenvalue weighted by atomic mass is 10.1. The van der Waals surface area contributed by atoms with Gasteiger partial charge in [0, 0.05) is 18.1 Å². The summed E-state index contributed by atoms with van der Waals surface area (Å²) in [5, 5.41) is 0.840. The van der Waals surface area contributed by atoms with E-state index in [0.29, 0.717) is 12.1 Å². The van der Waals surface area contributed by atoms with Crippen molar-refractivity contribution in [1.29, 1.82) is 0 Å². The van der Waals surface area contributed by atoms with Gasteiger partial charge in [-0.05, 0) is 18.6 Å². The molecule has 1 aromatic carbocycles. The Bertz CT molecular complexity index is 724. The Labute approximate surface area is 145 Å². The lowest BCUT2D eigenvalue weighted by Gasteiger charge is -2.09. The van der Waals surface area contributed by atoms with E-state index < -0.39 is 10.0 Å². The summed E-state index contributed by atoms with van der Waals surface area (Å²) in [5.41, 5.74) is 0.531. The van der Waals surface area contributed by atoms with Gasteiger partial charge in [-0.3, -0.25) is 4.98 Å². The standard InChI is InChI=1S/C19H28N2O2S/c1-2-3-4-5-6-7-8-9-16-21-24(22,23)18-14-10-12-17-13-11-15-20-19(17)18/h10-15,21H,2-9,16H2,1H3. The van der Waals surface area contributed by atoms with Gasteiger partial charge in [-0.1, -0.05) is 70.1 Å². The number of aromatic nitrogens is 1. The first-order valence-electron chi connectivity index (χ1n) is 8.98. The summed E-state index contributed by atoms with van der Waals surface area (Å²) >= 11 is 0. The van der Waals surface area contributed by atoms with Gasteiger partial charge >= 0.3 is 0 Å². The van der Waals surface area contributed by atoms with Crippen LogP contribution in [0.2, 0.25) is 0 Å². The van der Waals surface area contributed by atoms with Gasteiger partial charge in [0.05, 0.1) is 5.52 Å². The molecule has 0 bridgehead atoms. The molecule has 0 fully saturated rings. The van der Waals surface area contributed by atoms with Crippen LogP contribution in [-0.2, 0) is 10.0 Å². The van der Waals surface area contributed by atoms with Crippen LogP contribution in [0.1, 0.15) is 58.3 Å². The molecule has 1 aromatic heterocycles. The van der Waals surface area contributed by atoms with Crippen molar-refractivity contribution in [1.82, 2.24) is 9.71 Å². The van der Waals surface area contributed by atoms with E-state index in [1.165, 1.54) is 38.5 Å². The molecule has 0 aliphatic heterocycles. The Balaban J connectivity index is 1.79. The predicted octanol–water partition coefficient (Wildman–Crippen LogP) is 4.65. The predicted molar refractivity (Wildman–Crippen MR) is 99.5 cm³/mol. The first-order valence-corrected chi connectivity index (χ1v) is 10.5. The van der Waals surface area contributed by atoms with Crippen LogP contribution >= 0.6 is 0 Å². The summed E-state index contributed by atoms with van der Waals surface area (Å²) in [6.45, 7) is 2.71. The second-order valence-electron chi connectivity index (χ2n) is 6.20. The molecule has 0 saturated carbocycles. The molecule has 0 radical (unpaired) electrons. The maximum Gasteiger partial charge on any atom is 0.242 e. The second-order valence-corrected chi connectivity index (χ2v) is 7.94. The van der Waals surface area contributed by atoms with E-state index in [1.807, 2.05) is 18.2 Å². The number of unbranched alkanes of at least 4 members (excludes halogenated alkanes) is 7. The number of para-hydroxylation sites is 1. The minimum atomic E-state index is -3.50. The number of hydrogen-bond acceptors (Lipinski definition) is 3. The van der Waals surface area contributed by atoms with Gasteiger partial charge in [0.2, 0.25) is 10.0 Å². The van der Waals surface area contributed by atoms with Crippen LogP contribution in [0.4, 0.5) is 0 Å². The zero-order chi connectivity index (χ0) is 17.3. The summed E-state index contributed by atoms with van der Waals surface area (Å²) in [5.74, 6) is 0. The highest BCUT2D eigenvalue weighted by Gasteiger charge is 2.17. The van der Waals surface area contributed by atoms with Crippen molar-refractivity contribution in [2.45, 2.75) is 63.2 Å². The molecule has 0 atom stereocenters. The van der Waals surface area contributed by atoms with Crippen molar-refractivity contribution < 1.29 is 8.42 Å². The zero-order valence-electron chi connectivity index (χ0n) is 14.5. The molecule has 0 saturated heterocycles. The molecule has 24 heavy (non-hydrogen) atoms. The van der Waals surface area contributed by atoms with E-state index >= 15 is 0 Å². The summed E-state index contributed by atoms with van der Waals surface area (Å²) < 4.78 is 27.7. The third-order valence-corrected chi connectivity index (χ3v) is 5.70. The molecule has 132 valence electrons. The number of fused-ring (bicyclic) bond motifs is 1. The van der Waals surface area contributed by atoms with E-state index in [2.05, 4.69) is 16.6 Å². The van der Waals surface area contributed by atoms with Gasteiger partial charge < -0.3 is 0 Å². The zero-order valence-corrected chi connectivity index (χ0v) is 15.3. The molecule has 4 nitrogen and oxygen atoms in total. The lowest BCUT2D eigenvalue weighted by Crippen LogP contribution is -2.25. The van der Waals surface area contributed by atoms with Gasteiger partial charge in [0.25, 0.3) is 0 Å². The monoisotopic (exact) mass is 348 g/mol. The molecule has 0 amide bonds. The van der Waals surface area contributed by atoms with Crippen LogP contribution in [-0.4, -0.2) is 19.9 Å². The molecular weight excluding hydrogens is 320 g/mol. The quantitative estimate of drug-likeness (QED) is 0.601. The molecule has 0 aliphatic rings. The number of sulfonamides is 1. The molecule has 2 rings (SSSR count). The molecule has 1 heterocycles. The highest BCUT2D eigenvalue weighted by Crippen LogP contribution is 2.20. The van der Waals surface area contributed by atoms with Crippen molar-refractivity contribution in [2.75, 3.05) is 6.54 Å². The smallest absolute Gasteiger partial charge is 0.242 e. The highest BCUT2D eigenvalue weighted by atomic mass is 32.2. The third-order valence-electron chi connectivity index (χ3n) is 4.21. The Kier molecular flexibility index (Phi) is 7.66. The number of pyridine rings is 1. The van der Waals surface area contributed by atoms with Crippen LogP contribution in [0.5, 0.6) is 0 Å². The number of nitrogens with one attached hydrogen (secondary N) is 1. The molecule has 5 heteroatoms. The lowest BCUT2D eigenvalue weighted by molar-refractivity contribution is 0.559. The van der Waals surface area contributed by atoms with Crippen LogP contribution in [0, 0.1) is 0 Å². The van der Waals surface area contributed by atoms with E-state index in [4.69, 9.17) is 0 Å². The summed E-state index contributed by atoms with van der Waals surface area (Å²) in [4.78, 5) is 4.49. The third kappa shape index (κ3) is 5.56. The van der Waals surface area contributed by atoms with Gasteiger partial charge in [-0.2, -0.15) is 0 Å². The van der Waals surface area contributed by atoms with Gasteiger partial charge in [0.1, 0.15) is 4.90 Å². The fourth-order valence-electron chi connectivity index (χ4n) is 2.84. The molecular formula is C19H28N2O2S. The van der Waals surface area contributed by atoms with Gasteiger partial charge in [-0.15, -0.1) is 0 Å². The van der Waals surface area contributed by atoms with E-state index in [1.54, 1.807) is 18.3 Å². The van der Waals surface area contributed by atoms with E-state index in [9.17, 15) is 8.42 Å². The Morgan fingerprint density at radius 2 is 1.58 bits per heavy atom. The fraction of sp³-hybridized carbons (Fsp3) is 0.526. The topological polar surface area (TPSA) is 59.1 Å². The summed E-state index contributed by atoms with van der Waals surface area (Å²) in [6.07, 6.45) is 11.2. The van der Waals surface area contributed by atoms with Crippen LogP contribution < -0.4 is 4.72 Å². The molecule has 0 aliphatic carbocycles. The number of nitrogens with zero attached hydrogens (tertiary/aromatic N) is 1. The normalized spacial score (nSPS) is 11.9. The fourth-order valence-corrected chi connectivity index (χ4v) is 4.09. The Hall–Kier alpha value is -1.46. The van der Waals surface area contributed by atoms with E-state index in [-0.39, 0.29) is 4.90 Å². The first kappa shape index (κ1) is 18.9. The molecule has 0 spiro atoms. The average molecular weight is 349 g/mol. The molecule has 2 aromatic rings. The average Bonchev–Trinajstić information content (AvgIpc) is 2.59. The van der Waals surface area contributed by atoms with Crippen molar-refractivity contribution >= 4 is 20.9 Å². The van der Waals surface area contributed by atoms with Crippen molar-refractivity contribution in [3.8, 4) is 0 Å². The first-order chi connectivity index (χ1) is 11.6. The largest absolute Gasteiger partial charge is 0.255 e. The van der Waals surface area contributed by atoms with Crippen LogP contribution in [0.25, 0.3) is 10.9 Å². The number of rotatable bonds is 11. The highest BCUT2D eigenvalue weighted by molar-refractivity contribution is 7.89. The van der Waals surface area contributed by atoms with Crippen molar-refractivity contribution in [3.05, 3.63) is 36.5 Å². The number of benzene rings is 1. The summed E-state index contributed by atoms with van der Waals surface area (Å²) in [7, 11) is -3.50. The molecule has 1 N–H and O–H groups in total. The van der Waals surface area contributed by atoms with Crippen molar-refractivity contribution in [2.24, 2.45) is 0 Å². The maximum absolute atomic E-state index is 12.5. The summed E-state index contributed by atoms with van der Waals surface area (Å²) in [6, 6.07) is 8.94. The minimum absolute atomic E-state index is 0.264. The Morgan fingerprint density at radius 1 is 0.917 bits per heavy atom. The SMILES string of the molecule is CCCCCCCCCCNS(=O)(=O)c1cccc2cccnc12. The van der Waals surface area contributed by atoms with Crippen LogP contribution in [0.3, 0.4) is 0 Å². The maximum atomic E-state index is 12.5. The van der Waals surface area contributed by atoms with E-state index in [0.717, 1.165) is 18.2 Å². The Morgan fingerprint density at radius 3 is 2.33 bits per heavy atom. The van der Waals surface area contributed by atoms with Crippen LogP contribution in [0.15, 0.2) is 41.4 Å². The van der Waals surface area contributed by atoms with Crippen molar-refractivity contribution in [3.63, 3.8) is 0 Å².